The van der Waals surface area contributed by atoms with E-state index in [-0.39, 0.29) is 0 Å². The van der Waals surface area contributed by atoms with E-state index in [1.807, 2.05) is 6.92 Å². The molecule has 92 valence electrons. The van der Waals surface area contributed by atoms with Gasteiger partial charge in [-0.2, -0.15) is 0 Å². The summed E-state index contributed by atoms with van der Waals surface area (Å²) in [5.41, 5.74) is 1.41. The van der Waals surface area contributed by atoms with E-state index in [0.717, 1.165) is 5.39 Å². The number of hydrogen-bond acceptors (Lipinski definition) is 5. The van der Waals surface area contributed by atoms with Crippen molar-refractivity contribution in [3.05, 3.63) is 45.6 Å². The highest BCUT2D eigenvalue weighted by Crippen LogP contribution is 2.31. The van der Waals surface area contributed by atoms with Crippen LogP contribution in [0.1, 0.15) is 22.4 Å². The average molecular weight is 281 g/mol. The number of rotatable bonds is 2. The molecule has 0 aliphatic rings. The number of aliphatic hydroxyl groups is 1. The monoisotopic (exact) mass is 280 g/mol. The molecule has 0 radical (unpaired) electrons. The minimum absolute atomic E-state index is 0.474. The molecule has 0 spiro atoms. The van der Waals surface area contributed by atoms with Gasteiger partial charge in [-0.3, -0.25) is 0 Å². The van der Waals surface area contributed by atoms with Crippen LogP contribution in [0.4, 0.5) is 0 Å². The van der Waals surface area contributed by atoms with E-state index in [9.17, 15) is 5.11 Å². The van der Waals surface area contributed by atoms with Gasteiger partial charge in [-0.1, -0.05) is 16.1 Å². The Morgan fingerprint density at radius 1 is 1.39 bits per heavy atom. The molecule has 0 fully saturated rings. The molecule has 0 aliphatic carbocycles. The van der Waals surface area contributed by atoms with Gasteiger partial charge < -0.3 is 9.52 Å². The fraction of sp³-hybridized carbons (Fsp3) is 0.167. The SMILES string of the molecule is Cc1nnsc1C(O)c1cc2cc(Cl)ccc2o1. The maximum Gasteiger partial charge on any atom is 0.149 e. The highest BCUT2D eigenvalue weighted by atomic mass is 35.5. The van der Waals surface area contributed by atoms with Crippen LogP contribution in [-0.2, 0) is 0 Å². The summed E-state index contributed by atoms with van der Waals surface area (Å²) >= 11 is 7.08. The zero-order valence-corrected chi connectivity index (χ0v) is 11.0. The van der Waals surface area contributed by atoms with Gasteiger partial charge >= 0.3 is 0 Å². The van der Waals surface area contributed by atoms with Crippen molar-refractivity contribution >= 4 is 34.1 Å². The van der Waals surface area contributed by atoms with E-state index >= 15 is 0 Å². The number of furan rings is 1. The first kappa shape index (κ1) is 11.6. The Balaban J connectivity index is 2.07. The lowest BCUT2D eigenvalue weighted by atomic mass is 10.2. The molecule has 1 aromatic carbocycles. The van der Waals surface area contributed by atoms with Crippen LogP contribution in [0.25, 0.3) is 11.0 Å². The first-order chi connectivity index (χ1) is 8.65. The number of aromatic nitrogens is 2. The highest BCUT2D eigenvalue weighted by molar-refractivity contribution is 7.05. The van der Waals surface area contributed by atoms with E-state index in [1.54, 1.807) is 24.3 Å². The summed E-state index contributed by atoms with van der Waals surface area (Å²) in [7, 11) is 0. The van der Waals surface area contributed by atoms with E-state index < -0.39 is 6.10 Å². The molecule has 0 aliphatic heterocycles. The molecule has 18 heavy (non-hydrogen) atoms. The van der Waals surface area contributed by atoms with Gasteiger partial charge in [0.15, 0.2) is 0 Å². The first-order valence-corrected chi connectivity index (χ1v) is 6.46. The van der Waals surface area contributed by atoms with E-state index in [0.29, 0.717) is 26.9 Å². The summed E-state index contributed by atoms with van der Waals surface area (Å²) in [6, 6.07) is 7.12. The Morgan fingerprint density at radius 3 is 2.94 bits per heavy atom. The molecule has 2 heterocycles. The molecular weight excluding hydrogens is 272 g/mol. The van der Waals surface area contributed by atoms with Crippen molar-refractivity contribution in [3.8, 4) is 0 Å². The van der Waals surface area contributed by atoms with Crippen molar-refractivity contribution < 1.29 is 9.52 Å². The number of halogens is 1. The zero-order valence-electron chi connectivity index (χ0n) is 9.42. The normalized spacial score (nSPS) is 13.1. The lowest BCUT2D eigenvalue weighted by Gasteiger charge is -2.03. The standard InChI is InChI=1S/C12H9ClN2O2S/c1-6-12(18-15-14-6)11(16)10-5-7-4-8(13)2-3-9(7)17-10/h2-5,11,16H,1H3. The minimum atomic E-state index is -0.837. The van der Waals surface area contributed by atoms with Crippen molar-refractivity contribution in [2.45, 2.75) is 13.0 Å². The van der Waals surface area contributed by atoms with Gasteiger partial charge in [-0.25, -0.2) is 0 Å². The third kappa shape index (κ3) is 1.90. The van der Waals surface area contributed by atoms with Gasteiger partial charge in [0.2, 0.25) is 0 Å². The van der Waals surface area contributed by atoms with Crippen molar-refractivity contribution in [1.29, 1.82) is 0 Å². The number of hydrogen-bond donors (Lipinski definition) is 1. The maximum atomic E-state index is 10.2. The van der Waals surface area contributed by atoms with E-state index in [1.165, 1.54) is 11.5 Å². The van der Waals surface area contributed by atoms with Crippen molar-refractivity contribution in [2.75, 3.05) is 0 Å². The smallest absolute Gasteiger partial charge is 0.149 e. The summed E-state index contributed by atoms with van der Waals surface area (Å²) in [6.45, 7) is 1.81. The van der Waals surface area contributed by atoms with Crippen molar-refractivity contribution in [2.24, 2.45) is 0 Å². The summed E-state index contributed by atoms with van der Waals surface area (Å²) in [5, 5.41) is 15.6. The molecule has 4 nitrogen and oxygen atoms in total. The molecule has 3 rings (SSSR count). The van der Waals surface area contributed by atoms with E-state index in [2.05, 4.69) is 9.59 Å². The summed E-state index contributed by atoms with van der Waals surface area (Å²) in [5.74, 6) is 0.474. The van der Waals surface area contributed by atoms with Crippen LogP contribution >= 0.6 is 23.1 Å². The molecule has 0 bridgehead atoms. The third-order valence-corrected chi connectivity index (χ3v) is 3.82. The molecule has 0 saturated carbocycles. The highest BCUT2D eigenvalue weighted by Gasteiger charge is 2.20. The quantitative estimate of drug-likeness (QED) is 0.782. The molecule has 3 aromatic rings. The number of fused-ring (bicyclic) bond motifs is 1. The molecule has 2 aromatic heterocycles. The molecule has 0 amide bonds. The number of aryl methyl sites for hydroxylation is 1. The summed E-state index contributed by atoms with van der Waals surface area (Å²) in [6.07, 6.45) is -0.837. The molecular formula is C12H9ClN2O2S. The predicted molar refractivity (Wildman–Crippen MR) is 69.9 cm³/mol. The van der Waals surface area contributed by atoms with Gasteiger partial charge in [0, 0.05) is 10.4 Å². The summed E-state index contributed by atoms with van der Waals surface area (Å²) in [4.78, 5) is 0.695. The molecule has 0 saturated heterocycles. The van der Waals surface area contributed by atoms with Crippen LogP contribution < -0.4 is 0 Å². The first-order valence-electron chi connectivity index (χ1n) is 5.31. The Bertz CT molecular complexity index is 707. The largest absolute Gasteiger partial charge is 0.458 e. The molecule has 1 N–H and O–H groups in total. The topological polar surface area (TPSA) is 59.2 Å². The summed E-state index contributed by atoms with van der Waals surface area (Å²) < 4.78 is 9.41. The lowest BCUT2D eigenvalue weighted by molar-refractivity contribution is 0.195. The van der Waals surface area contributed by atoms with Crippen LogP contribution in [0, 0.1) is 6.92 Å². The van der Waals surface area contributed by atoms with Gasteiger partial charge in [-0.15, -0.1) is 5.10 Å². The molecule has 1 unspecified atom stereocenters. The predicted octanol–water partition coefficient (Wildman–Crippen LogP) is 3.33. The zero-order chi connectivity index (χ0) is 12.7. The number of benzene rings is 1. The fourth-order valence-corrected chi connectivity index (χ4v) is 2.61. The van der Waals surface area contributed by atoms with Crippen LogP contribution in [0.3, 0.4) is 0 Å². The Morgan fingerprint density at radius 2 is 2.22 bits per heavy atom. The third-order valence-electron chi connectivity index (χ3n) is 2.70. The van der Waals surface area contributed by atoms with Crippen LogP contribution in [0.2, 0.25) is 5.02 Å². The number of nitrogens with zero attached hydrogens (tertiary/aromatic N) is 2. The van der Waals surface area contributed by atoms with Crippen molar-refractivity contribution in [1.82, 2.24) is 9.59 Å². The minimum Gasteiger partial charge on any atom is -0.458 e. The van der Waals surface area contributed by atoms with Gasteiger partial charge in [0.25, 0.3) is 0 Å². The second-order valence-electron chi connectivity index (χ2n) is 3.96. The second-order valence-corrected chi connectivity index (χ2v) is 5.18. The lowest BCUT2D eigenvalue weighted by Crippen LogP contribution is -1.97. The Hall–Kier alpha value is -1.43. The van der Waals surface area contributed by atoms with Crippen LogP contribution in [0.15, 0.2) is 28.7 Å². The fourth-order valence-electron chi connectivity index (χ4n) is 1.79. The number of aliphatic hydroxyl groups excluding tert-OH is 1. The van der Waals surface area contributed by atoms with Crippen molar-refractivity contribution in [3.63, 3.8) is 0 Å². The molecule has 1 atom stereocenters. The Labute approximate surface area is 112 Å². The Kier molecular flexibility index (Phi) is 2.81. The molecule has 6 heteroatoms. The van der Waals surface area contributed by atoms with Gasteiger partial charge in [0.1, 0.15) is 17.4 Å². The van der Waals surface area contributed by atoms with Crippen LogP contribution in [-0.4, -0.2) is 14.7 Å². The maximum absolute atomic E-state index is 10.2. The van der Waals surface area contributed by atoms with E-state index in [4.69, 9.17) is 16.0 Å². The average Bonchev–Trinajstić information content (AvgIpc) is 2.93. The van der Waals surface area contributed by atoms with Gasteiger partial charge in [-0.05, 0) is 42.7 Å². The van der Waals surface area contributed by atoms with Crippen LogP contribution in [0.5, 0.6) is 0 Å². The van der Waals surface area contributed by atoms with Gasteiger partial charge in [0.05, 0.1) is 10.6 Å². The second kappa shape index (κ2) is 4.35.